The van der Waals surface area contributed by atoms with Gasteiger partial charge in [-0.05, 0) is 12.0 Å². The Morgan fingerprint density at radius 3 is 2.62 bits per heavy atom. The van der Waals surface area contributed by atoms with Crippen LogP contribution in [0.2, 0.25) is 0 Å². The van der Waals surface area contributed by atoms with Gasteiger partial charge in [-0.1, -0.05) is 6.08 Å². The number of ether oxygens (including phenoxy) is 1. The molecule has 21 heavy (non-hydrogen) atoms. The highest BCUT2D eigenvalue weighted by Crippen LogP contribution is 2.23. The summed E-state index contributed by atoms with van der Waals surface area (Å²) in [5.41, 5.74) is 2.03. The molecule has 1 saturated heterocycles. The number of carbonyl (C=O) groups is 1. The number of hydrogen-bond donors (Lipinski definition) is 0. The van der Waals surface area contributed by atoms with Crippen molar-refractivity contribution in [2.75, 3.05) is 38.2 Å². The summed E-state index contributed by atoms with van der Waals surface area (Å²) in [5, 5.41) is 10.8. The summed E-state index contributed by atoms with van der Waals surface area (Å²) in [7, 11) is 1.71. The van der Waals surface area contributed by atoms with Crippen molar-refractivity contribution in [3.05, 3.63) is 24.0 Å². The molecule has 0 spiro atoms. The van der Waals surface area contributed by atoms with Gasteiger partial charge in [0.05, 0.1) is 6.10 Å². The number of hydrogen-bond acceptors (Lipinski definition) is 6. The van der Waals surface area contributed by atoms with E-state index in [0.29, 0.717) is 25.5 Å². The summed E-state index contributed by atoms with van der Waals surface area (Å²) in [6.45, 7) is 2.46. The van der Waals surface area contributed by atoms with Gasteiger partial charge in [0, 0.05) is 51.2 Å². The number of amides is 1. The molecule has 0 radical (unpaired) electrons. The van der Waals surface area contributed by atoms with Gasteiger partial charge in [0.1, 0.15) is 6.09 Å². The Labute approximate surface area is 122 Å². The summed E-state index contributed by atoms with van der Waals surface area (Å²) in [4.78, 5) is 22.8. The van der Waals surface area contributed by atoms with Crippen LogP contribution in [0.5, 0.6) is 0 Å². The van der Waals surface area contributed by atoms with Crippen LogP contribution in [0.4, 0.5) is 10.7 Å². The van der Waals surface area contributed by atoms with E-state index in [2.05, 4.69) is 14.9 Å². The van der Waals surface area contributed by atoms with Gasteiger partial charge in [0.25, 0.3) is 0 Å². The molecule has 0 aromatic carbocycles. The minimum atomic E-state index is -1.12. The van der Waals surface area contributed by atoms with Gasteiger partial charge in [-0.25, -0.2) is 9.97 Å². The molecule has 0 aliphatic carbocycles. The Balaban J connectivity index is 1.64. The highest BCUT2D eigenvalue weighted by Gasteiger charge is 2.28. The number of nitrogens with zero attached hydrogens (tertiary/aromatic N) is 4. The molecular formula is C14H17N4O3-. The van der Waals surface area contributed by atoms with Crippen molar-refractivity contribution in [2.24, 2.45) is 0 Å². The standard InChI is InChI=1S/C14H18N4O3/c1-21-12-8-18(9-12)13-15-6-11(7-16-13)10-2-4-17(5-3-10)14(19)20/h2,6-7,12H,3-5,8-9H2,1H3,(H,19,20)/p-1. The van der Waals surface area contributed by atoms with E-state index >= 15 is 0 Å². The third-order valence-electron chi connectivity index (χ3n) is 3.94. The zero-order chi connectivity index (χ0) is 14.8. The van der Waals surface area contributed by atoms with E-state index in [1.165, 1.54) is 4.90 Å². The fourth-order valence-electron chi connectivity index (χ4n) is 2.50. The quantitative estimate of drug-likeness (QED) is 0.763. The van der Waals surface area contributed by atoms with E-state index in [1.807, 2.05) is 6.08 Å². The van der Waals surface area contributed by atoms with E-state index in [9.17, 15) is 9.90 Å². The van der Waals surface area contributed by atoms with E-state index < -0.39 is 6.09 Å². The molecule has 0 N–H and O–H groups in total. The third-order valence-corrected chi connectivity index (χ3v) is 3.94. The highest BCUT2D eigenvalue weighted by atomic mass is 16.5. The second-order valence-electron chi connectivity index (χ2n) is 5.23. The lowest BCUT2D eigenvalue weighted by Gasteiger charge is -2.38. The highest BCUT2D eigenvalue weighted by molar-refractivity contribution is 5.69. The summed E-state index contributed by atoms with van der Waals surface area (Å²) in [6.07, 6.45) is 5.28. The van der Waals surface area contributed by atoms with Gasteiger partial charge in [0.15, 0.2) is 0 Å². The summed E-state index contributed by atoms with van der Waals surface area (Å²) < 4.78 is 5.22. The van der Waals surface area contributed by atoms with E-state index in [-0.39, 0.29) is 6.10 Å². The van der Waals surface area contributed by atoms with Crippen molar-refractivity contribution < 1.29 is 14.6 Å². The molecule has 7 nitrogen and oxygen atoms in total. The van der Waals surface area contributed by atoms with E-state index in [4.69, 9.17) is 4.74 Å². The maximum absolute atomic E-state index is 10.8. The fraction of sp³-hybridized carbons (Fsp3) is 0.500. The molecule has 2 aliphatic rings. The van der Waals surface area contributed by atoms with Gasteiger partial charge in [0.2, 0.25) is 5.95 Å². The largest absolute Gasteiger partial charge is 0.530 e. The summed E-state index contributed by atoms with van der Waals surface area (Å²) in [5.74, 6) is 0.708. The van der Waals surface area contributed by atoms with Crippen LogP contribution in [0.25, 0.3) is 5.57 Å². The molecule has 0 saturated carbocycles. The minimum Gasteiger partial charge on any atom is -0.530 e. The average Bonchev–Trinajstić information content (AvgIpc) is 2.47. The van der Waals surface area contributed by atoms with Gasteiger partial charge in [-0.15, -0.1) is 0 Å². The third kappa shape index (κ3) is 2.82. The Kier molecular flexibility index (Phi) is 3.74. The normalized spacial score (nSPS) is 19.2. The molecule has 1 aromatic heterocycles. The SMILES string of the molecule is COC1CN(c2ncc(C3=CCN(C(=O)[O-])CC3)cn2)C1. The van der Waals surface area contributed by atoms with Crippen LogP contribution in [-0.2, 0) is 4.74 Å². The first-order valence-electron chi connectivity index (χ1n) is 6.92. The number of anilines is 1. The Hall–Kier alpha value is -2.15. The molecule has 0 unspecified atom stereocenters. The lowest BCUT2D eigenvalue weighted by molar-refractivity contribution is -0.265. The zero-order valence-electron chi connectivity index (χ0n) is 11.9. The molecule has 1 fully saturated rings. The number of methoxy groups -OCH3 is 1. The number of carbonyl (C=O) groups excluding carboxylic acids is 1. The van der Waals surface area contributed by atoms with Crippen molar-refractivity contribution in [2.45, 2.75) is 12.5 Å². The van der Waals surface area contributed by atoms with Crippen LogP contribution in [0.1, 0.15) is 12.0 Å². The Bertz CT molecular complexity index is 552. The van der Waals surface area contributed by atoms with Crippen molar-refractivity contribution in [1.82, 2.24) is 14.9 Å². The molecular weight excluding hydrogens is 272 g/mol. The van der Waals surface area contributed by atoms with Crippen molar-refractivity contribution >= 4 is 17.6 Å². The molecule has 7 heteroatoms. The van der Waals surface area contributed by atoms with Crippen LogP contribution in [0.15, 0.2) is 18.5 Å². The Morgan fingerprint density at radius 2 is 2.10 bits per heavy atom. The Morgan fingerprint density at radius 1 is 1.38 bits per heavy atom. The van der Waals surface area contributed by atoms with Crippen LogP contribution < -0.4 is 10.0 Å². The van der Waals surface area contributed by atoms with Gasteiger partial charge in [-0.2, -0.15) is 0 Å². The molecule has 3 rings (SSSR count). The van der Waals surface area contributed by atoms with E-state index in [1.54, 1.807) is 19.5 Å². The van der Waals surface area contributed by atoms with Crippen molar-refractivity contribution in [3.63, 3.8) is 0 Å². The number of rotatable bonds is 3. The molecule has 2 aliphatic heterocycles. The molecule has 0 bridgehead atoms. The molecule has 1 amide bonds. The van der Waals surface area contributed by atoms with Crippen LogP contribution in [-0.4, -0.2) is 60.4 Å². The zero-order valence-corrected chi connectivity index (χ0v) is 11.9. The molecule has 112 valence electrons. The van der Waals surface area contributed by atoms with Crippen molar-refractivity contribution in [3.8, 4) is 0 Å². The van der Waals surface area contributed by atoms with Gasteiger partial charge in [-0.3, -0.25) is 0 Å². The monoisotopic (exact) mass is 289 g/mol. The van der Waals surface area contributed by atoms with Crippen LogP contribution >= 0.6 is 0 Å². The van der Waals surface area contributed by atoms with Gasteiger partial charge >= 0.3 is 0 Å². The maximum Gasteiger partial charge on any atom is 0.225 e. The summed E-state index contributed by atoms with van der Waals surface area (Å²) >= 11 is 0. The first-order valence-corrected chi connectivity index (χ1v) is 6.92. The van der Waals surface area contributed by atoms with Crippen LogP contribution in [0.3, 0.4) is 0 Å². The molecule has 1 aromatic rings. The lowest BCUT2D eigenvalue weighted by atomic mass is 10.0. The second-order valence-corrected chi connectivity index (χ2v) is 5.23. The van der Waals surface area contributed by atoms with Crippen LogP contribution in [0, 0.1) is 0 Å². The first-order chi connectivity index (χ1) is 10.2. The van der Waals surface area contributed by atoms with E-state index in [0.717, 1.165) is 24.2 Å². The van der Waals surface area contributed by atoms with Gasteiger partial charge < -0.3 is 24.4 Å². The maximum atomic E-state index is 10.8. The minimum absolute atomic E-state index is 0.268. The number of aromatic nitrogens is 2. The molecule has 0 atom stereocenters. The average molecular weight is 289 g/mol. The smallest absolute Gasteiger partial charge is 0.225 e. The number of carboxylic acid groups (broad SMARTS) is 1. The van der Waals surface area contributed by atoms with Crippen molar-refractivity contribution in [1.29, 1.82) is 0 Å². The predicted molar refractivity (Wildman–Crippen MR) is 74.6 cm³/mol. The summed E-state index contributed by atoms with van der Waals surface area (Å²) in [6, 6.07) is 0. The fourth-order valence-corrected chi connectivity index (χ4v) is 2.50. The lowest BCUT2D eigenvalue weighted by Crippen LogP contribution is -2.52. The molecule has 3 heterocycles. The first kappa shape index (κ1) is 13.8. The topological polar surface area (TPSA) is 81.6 Å². The second kappa shape index (κ2) is 5.69. The predicted octanol–water partition coefficient (Wildman–Crippen LogP) is -0.256.